The molecule has 7 heteroatoms. The number of nitrogens with one attached hydrogen (secondary N) is 1. The first-order valence-corrected chi connectivity index (χ1v) is 8.01. The Kier molecular flexibility index (Phi) is 4.75. The van der Waals surface area contributed by atoms with Crippen LogP contribution in [0.4, 0.5) is 4.79 Å². The topological polar surface area (TPSA) is 84.8 Å². The molecule has 1 rings (SSSR count). The molecule has 0 saturated heterocycles. The molecular weight excluding hydrogens is 280 g/mol. The second-order valence-electron chi connectivity index (χ2n) is 5.58. The van der Waals surface area contributed by atoms with Crippen molar-refractivity contribution in [1.29, 1.82) is 0 Å². The highest BCUT2D eigenvalue weighted by atomic mass is 32.2. The van der Waals surface area contributed by atoms with Crippen LogP contribution in [-0.4, -0.2) is 32.1 Å². The lowest BCUT2D eigenvalue weighted by Gasteiger charge is -2.23. The van der Waals surface area contributed by atoms with Crippen molar-refractivity contribution in [3.63, 3.8) is 0 Å². The lowest BCUT2D eigenvalue weighted by atomic mass is 9.97. The zero-order valence-corrected chi connectivity index (χ0v) is 13.1. The van der Waals surface area contributed by atoms with E-state index in [9.17, 15) is 13.2 Å². The maximum absolute atomic E-state index is 11.7. The summed E-state index contributed by atoms with van der Waals surface area (Å²) in [6.45, 7) is 7.06. The maximum atomic E-state index is 11.7. The minimum absolute atomic E-state index is 0.331. The number of ether oxygens (including phenoxy) is 1. The SMILES string of the molecule is CC1C(NC(=O)OC(C)(C)C)=CC=CC1=NS(C)(=O)=O. The molecule has 1 aliphatic carbocycles. The second-order valence-corrected chi connectivity index (χ2v) is 7.23. The molecule has 6 nitrogen and oxygen atoms in total. The van der Waals surface area contributed by atoms with Crippen LogP contribution in [0.15, 0.2) is 28.3 Å². The van der Waals surface area contributed by atoms with Gasteiger partial charge in [0.1, 0.15) is 5.60 Å². The van der Waals surface area contributed by atoms with Crippen molar-refractivity contribution in [3.8, 4) is 0 Å². The van der Waals surface area contributed by atoms with Gasteiger partial charge in [0.05, 0.1) is 12.0 Å². The minimum Gasteiger partial charge on any atom is -0.444 e. The average molecular weight is 300 g/mol. The fraction of sp³-hybridized carbons (Fsp3) is 0.538. The molecule has 0 bridgehead atoms. The largest absolute Gasteiger partial charge is 0.444 e. The summed E-state index contributed by atoms with van der Waals surface area (Å²) in [7, 11) is -3.47. The van der Waals surface area contributed by atoms with E-state index in [-0.39, 0.29) is 5.92 Å². The van der Waals surface area contributed by atoms with E-state index in [1.165, 1.54) is 0 Å². The number of carbonyl (C=O) groups is 1. The van der Waals surface area contributed by atoms with Gasteiger partial charge in [-0.15, -0.1) is 0 Å². The highest BCUT2D eigenvalue weighted by molar-refractivity contribution is 7.89. The first-order valence-electron chi connectivity index (χ1n) is 6.16. The number of sulfonamides is 1. The molecule has 0 aromatic rings. The van der Waals surface area contributed by atoms with Crippen LogP contribution in [0, 0.1) is 5.92 Å². The highest BCUT2D eigenvalue weighted by Crippen LogP contribution is 2.17. The highest BCUT2D eigenvalue weighted by Gasteiger charge is 2.22. The monoisotopic (exact) mass is 300 g/mol. The van der Waals surface area contributed by atoms with Gasteiger partial charge in [-0.25, -0.2) is 13.2 Å². The van der Waals surface area contributed by atoms with Crippen LogP contribution < -0.4 is 5.32 Å². The van der Waals surface area contributed by atoms with Crippen LogP contribution in [0.5, 0.6) is 0 Å². The van der Waals surface area contributed by atoms with E-state index in [1.54, 1.807) is 45.9 Å². The second kappa shape index (κ2) is 5.78. The molecule has 0 spiro atoms. The fourth-order valence-electron chi connectivity index (χ4n) is 1.57. The zero-order chi connectivity index (χ0) is 15.6. The molecule has 1 unspecified atom stereocenters. The molecule has 0 aromatic heterocycles. The zero-order valence-electron chi connectivity index (χ0n) is 12.3. The third kappa shape index (κ3) is 5.56. The van der Waals surface area contributed by atoms with E-state index in [0.29, 0.717) is 11.4 Å². The number of nitrogens with zero attached hydrogens (tertiary/aromatic N) is 1. The Bertz CT molecular complexity index is 580. The quantitative estimate of drug-likeness (QED) is 0.845. The summed E-state index contributed by atoms with van der Waals surface area (Å²) >= 11 is 0. The molecule has 20 heavy (non-hydrogen) atoms. The third-order valence-corrected chi connectivity index (χ3v) is 2.91. The molecule has 0 aliphatic heterocycles. The van der Waals surface area contributed by atoms with Gasteiger partial charge in [-0.3, -0.25) is 5.32 Å². The number of hydrogen-bond acceptors (Lipinski definition) is 4. The maximum Gasteiger partial charge on any atom is 0.411 e. The van der Waals surface area contributed by atoms with Gasteiger partial charge < -0.3 is 4.74 Å². The Balaban J connectivity index is 2.84. The van der Waals surface area contributed by atoms with Crippen molar-refractivity contribution in [3.05, 3.63) is 23.9 Å². The van der Waals surface area contributed by atoms with Crippen LogP contribution >= 0.6 is 0 Å². The molecule has 1 N–H and O–H groups in total. The first kappa shape index (κ1) is 16.4. The number of rotatable bonds is 2. The van der Waals surface area contributed by atoms with Crippen LogP contribution in [-0.2, 0) is 14.8 Å². The normalized spacial score (nSPS) is 21.6. The van der Waals surface area contributed by atoms with Crippen molar-refractivity contribution in [1.82, 2.24) is 5.32 Å². The van der Waals surface area contributed by atoms with Crippen molar-refractivity contribution >= 4 is 21.8 Å². The van der Waals surface area contributed by atoms with E-state index in [2.05, 4.69) is 9.71 Å². The molecule has 1 amide bonds. The van der Waals surface area contributed by atoms with Gasteiger partial charge in [0.15, 0.2) is 0 Å². The number of carbonyl (C=O) groups excluding carboxylic acids is 1. The Morgan fingerprint density at radius 3 is 2.50 bits per heavy atom. The minimum atomic E-state index is -3.47. The van der Waals surface area contributed by atoms with Crippen molar-refractivity contribution in [2.45, 2.75) is 33.3 Å². The van der Waals surface area contributed by atoms with E-state index < -0.39 is 21.7 Å². The van der Waals surface area contributed by atoms with E-state index in [4.69, 9.17) is 4.74 Å². The summed E-state index contributed by atoms with van der Waals surface area (Å²) in [6, 6.07) is 0. The molecule has 0 fully saturated rings. The average Bonchev–Trinajstić information content (AvgIpc) is 2.19. The predicted molar refractivity (Wildman–Crippen MR) is 78.0 cm³/mol. The first-order chi connectivity index (χ1) is 8.98. The van der Waals surface area contributed by atoms with Crippen molar-refractivity contribution in [2.24, 2.45) is 10.3 Å². The van der Waals surface area contributed by atoms with Gasteiger partial charge in [-0.1, -0.05) is 13.0 Å². The Morgan fingerprint density at radius 2 is 2.00 bits per heavy atom. The number of alkyl carbamates (subject to hydrolysis) is 1. The summed E-state index contributed by atoms with van der Waals surface area (Å²) in [5.74, 6) is -0.331. The van der Waals surface area contributed by atoms with Crippen LogP contribution in [0.25, 0.3) is 0 Å². The summed E-state index contributed by atoms with van der Waals surface area (Å²) in [5, 5.41) is 2.61. The summed E-state index contributed by atoms with van der Waals surface area (Å²) in [6.07, 6.45) is 5.38. The smallest absolute Gasteiger partial charge is 0.411 e. The number of hydrogen-bond donors (Lipinski definition) is 1. The molecular formula is C13H20N2O4S. The van der Waals surface area contributed by atoms with Gasteiger partial charge in [0.25, 0.3) is 0 Å². The van der Waals surface area contributed by atoms with Crippen LogP contribution in [0.2, 0.25) is 0 Å². The van der Waals surface area contributed by atoms with Crippen molar-refractivity contribution in [2.75, 3.05) is 6.26 Å². The Labute approximate surface area is 119 Å². The number of amides is 1. The molecule has 0 radical (unpaired) electrons. The Morgan fingerprint density at radius 1 is 1.40 bits per heavy atom. The Hall–Kier alpha value is -1.63. The third-order valence-electron chi connectivity index (χ3n) is 2.37. The standard InChI is InChI=1S/C13H20N2O4S/c1-9-10(14-12(16)19-13(2,3)4)7-6-8-11(9)15-20(5,17)18/h6-9H,1-5H3,(H,14,16). The van der Waals surface area contributed by atoms with Crippen LogP contribution in [0.3, 0.4) is 0 Å². The predicted octanol–water partition coefficient (Wildman–Crippen LogP) is 2.00. The lowest BCUT2D eigenvalue weighted by Crippen LogP contribution is -2.35. The molecule has 0 aromatic carbocycles. The van der Waals surface area contributed by atoms with Gasteiger partial charge in [0.2, 0.25) is 10.0 Å². The lowest BCUT2D eigenvalue weighted by molar-refractivity contribution is 0.0542. The number of allylic oxidation sites excluding steroid dienone is 4. The summed E-state index contributed by atoms with van der Waals surface area (Å²) in [5.41, 5.74) is 0.326. The summed E-state index contributed by atoms with van der Waals surface area (Å²) in [4.78, 5) is 11.7. The van der Waals surface area contributed by atoms with E-state index >= 15 is 0 Å². The van der Waals surface area contributed by atoms with E-state index in [1.807, 2.05) is 0 Å². The van der Waals surface area contributed by atoms with Gasteiger partial charge in [-0.05, 0) is 32.9 Å². The molecule has 1 atom stereocenters. The molecule has 1 aliphatic rings. The fourth-order valence-corrected chi connectivity index (χ4v) is 2.17. The van der Waals surface area contributed by atoms with Gasteiger partial charge in [0, 0.05) is 11.6 Å². The molecule has 112 valence electrons. The van der Waals surface area contributed by atoms with Crippen molar-refractivity contribution < 1.29 is 17.9 Å². The van der Waals surface area contributed by atoms with Crippen LogP contribution in [0.1, 0.15) is 27.7 Å². The van der Waals surface area contributed by atoms with Gasteiger partial charge in [-0.2, -0.15) is 4.40 Å². The molecule has 0 heterocycles. The van der Waals surface area contributed by atoms with Gasteiger partial charge >= 0.3 is 6.09 Å². The van der Waals surface area contributed by atoms with E-state index in [0.717, 1.165) is 6.26 Å². The summed E-state index contributed by atoms with van der Waals surface area (Å²) < 4.78 is 31.2. The molecule has 0 saturated carbocycles.